The first-order chi connectivity index (χ1) is 7.10. The van der Waals surface area contributed by atoms with Crippen molar-refractivity contribution in [2.24, 2.45) is 0 Å². The summed E-state index contributed by atoms with van der Waals surface area (Å²) in [7, 11) is -16.6. The molecule has 12 nitrogen and oxygen atoms in total. The molecule has 4 N–H and O–H groups in total. The van der Waals surface area contributed by atoms with Gasteiger partial charge in [-0.05, 0) is 0 Å². The summed E-state index contributed by atoms with van der Waals surface area (Å²) in [6.07, 6.45) is 0.715. The van der Waals surface area contributed by atoms with Crippen LogP contribution < -0.4 is 0 Å². The molecular formula is CH8BLiO12S3. The van der Waals surface area contributed by atoms with Gasteiger partial charge < -0.3 is 5.02 Å². The standard InChI is InChI=1S/CH4O3S.BH3O9S2.Li.H/c1-5(2,3)4;2-1(9-11(3,4)5)10-12(6,7)8;;/h1H3,(H,2,3,4);2H,(H,3,4,5)(H,6,7,8);;. The van der Waals surface area contributed by atoms with Gasteiger partial charge in [0, 0.05) is 0 Å². The topological polar surface area (TPSA) is 202 Å². The summed E-state index contributed by atoms with van der Waals surface area (Å²) in [6, 6.07) is 0. The Morgan fingerprint density at radius 1 is 0.833 bits per heavy atom. The quantitative estimate of drug-likeness (QED) is 0.293. The van der Waals surface area contributed by atoms with Gasteiger partial charge in [0.1, 0.15) is 0 Å². The van der Waals surface area contributed by atoms with Crippen LogP contribution in [-0.4, -0.2) is 76.4 Å². The van der Waals surface area contributed by atoms with E-state index in [0.717, 1.165) is 0 Å². The predicted molar refractivity (Wildman–Crippen MR) is 57.9 cm³/mol. The number of hydrogen-bond acceptors (Lipinski definition) is 9. The molecule has 0 aromatic carbocycles. The molecule has 0 aliphatic heterocycles. The third kappa shape index (κ3) is 36.0. The normalized spacial score (nSPS) is 11.8. The Kier molecular flexibility index (Phi) is 11.0. The fraction of sp³-hybridized carbons (Fsp3) is 1.00. The van der Waals surface area contributed by atoms with E-state index in [-0.39, 0.29) is 18.9 Å². The summed E-state index contributed by atoms with van der Waals surface area (Å²) < 4.78 is 86.8. The van der Waals surface area contributed by atoms with E-state index in [2.05, 4.69) is 8.20 Å². The van der Waals surface area contributed by atoms with Gasteiger partial charge in [0.2, 0.25) is 0 Å². The van der Waals surface area contributed by atoms with Crippen molar-refractivity contribution in [2.45, 2.75) is 0 Å². The van der Waals surface area contributed by atoms with Crippen LogP contribution in [-0.2, 0) is 39.1 Å². The Morgan fingerprint density at radius 2 is 1.00 bits per heavy atom. The average Bonchev–Trinajstić information content (AvgIpc) is 1.69. The molecule has 0 saturated carbocycles. The van der Waals surface area contributed by atoms with E-state index in [1.807, 2.05) is 0 Å². The van der Waals surface area contributed by atoms with Crippen LogP contribution in [0.2, 0.25) is 0 Å². The average molecular weight is 326 g/mol. The van der Waals surface area contributed by atoms with Crippen LogP contribution in [0.25, 0.3) is 0 Å². The van der Waals surface area contributed by atoms with Gasteiger partial charge in [-0.1, -0.05) is 0 Å². The molecule has 0 saturated heterocycles. The van der Waals surface area contributed by atoms with Gasteiger partial charge in [-0.3, -0.25) is 13.7 Å². The third-order valence-electron chi connectivity index (χ3n) is 0.408. The second-order valence-electron chi connectivity index (χ2n) is 2.09. The van der Waals surface area contributed by atoms with Crippen LogP contribution in [0.4, 0.5) is 0 Å². The molecule has 0 atom stereocenters. The monoisotopic (exact) mass is 326 g/mol. The number of hydrogen-bond donors (Lipinski definition) is 4. The van der Waals surface area contributed by atoms with Crippen molar-refractivity contribution < 1.29 is 52.1 Å². The Morgan fingerprint density at radius 3 is 1.11 bits per heavy atom. The molecule has 106 valence electrons. The van der Waals surface area contributed by atoms with Crippen molar-refractivity contribution in [1.82, 2.24) is 0 Å². The van der Waals surface area contributed by atoms with Crippen molar-refractivity contribution in [2.75, 3.05) is 6.26 Å². The third-order valence-corrected chi connectivity index (χ3v) is 1.22. The fourth-order valence-electron chi connectivity index (χ4n) is 0.224. The molecule has 17 heteroatoms. The van der Waals surface area contributed by atoms with Crippen LogP contribution >= 0.6 is 0 Å². The molecule has 0 aliphatic rings. The summed E-state index contributed by atoms with van der Waals surface area (Å²) in [5.74, 6) is 0. The van der Waals surface area contributed by atoms with E-state index in [9.17, 15) is 25.3 Å². The SMILES string of the molecule is CS(=O)(=O)O.O=S(=O)(O)OB(O)OS(=O)(=O)O.[LiH]. The van der Waals surface area contributed by atoms with Gasteiger partial charge in [-0.15, -0.1) is 0 Å². The van der Waals surface area contributed by atoms with Crippen LogP contribution in [0.3, 0.4) is 0 Å². The molecule has 0 aromatic heterocycles. The molecule has 0 rings (SSSR count). The molecular weight excluding hydrogens is 318 g/mol. The second kappa shape index (κ2) is 8.44. The van der Waals surface area contributed by atoms with Crippen LogP contribution in [0, 0.1) is 0 Å². The van der Waals surface area contributed by atoms with Crippen LogP contribution in [0.5, 0.6) is 0 Å². The molecule has 0 bridgehead atoms. The van der Waals surface area contributed by atoms with Crippen molar-refractivity contribution in [3.05, 3.63) is 0 Å². The molecule has 0 unspecified atom stereocenters. The van der Waals surface area contributed by atoms with E-state index in [0.29, 0.717) is 6.26 Å². The Hall–Kier alpha value is 0.272. The van der Waals surface area contributed by atoms with Gasteiger partial charge in [0.05, 0.1) is 6.26 Å². The van der Waals surface area contributed by atoms with E-state index < -0.39 is 38.2 Å². The van der Waals surface area contributed by atoms with Crippen molar-refractivity contribution >= 4 is 57.1 Å². The first-order valence-electron chi connectivity index (χ1n) is 3.02. The zero-order valence-electron chi connectivity index (χ0n) is 7.86. The molecule has 0 radical (unpaired) electrons. The van der Waals surface area contributed by atoms with Crippen molar-refractivity contribution in [3.63, 3.8) is 0 Å². The molecule has 0 amide bonds. The molecule has 0 aliphatic carbocycles. The maximum atomic E-state index is 9.74. The molecule has 18 heavy (non-hydrogen) atoms. The first kappa shape index (κ1) is 23.4. The molecule has 0 aromatic rings. The van der Waals surface area contributed by atoms with Gasteiger partial charge >= 0.3 is 47.0 Å². The summed E-state index contributed by atoms with van der Waals surface area (Å²) in [5, 5.41) is 8.20. The predicted octanol–water partition coefficient (Wildman–Crippen LogP) is -3.54. The molecule has 0 heterocycles. The number of rotatable bonds is 4. The summed E-state index contributed by atoms with van der Waals surface area (Å²) in [4.78, 5) is 0. The summed E-state index contributed by atoms with van der Waals surface area (Å²) in [5.41, 5.74) is 0. The minimum absolute atomic E-state index is 0. The zero-order valence-corrected chi connectivity index (χ0v) is 10.3. The minimum atomic E-state index is -5.05. The maximum absolute atomic E-state index is 9.74. The van der Waals surface area contributed by atoms with Crippen LogP contribution in [0.1, 0.15) is 0 Å². The van der Waals surface area contributed by atoms with E-state index in [1.54, 1.807) is 0 Å². The summed E-state index contributed by atoms with van der Waals surface area (Å²) in [6.45, 7) is 0. The zero-order chi connectivity index (χ0) is 14.5. The Labute approximate surface area is 115 Å². The molecule has 0 fully saturated rings. The first-order valence-corrected chi connectivity index (χ1v) is 7.60. The van der Waals surface area contributed by atoms with E-state index >= 15 is 0 Å². The Balaban J connectivity index is -0.000000321. The fourth-order valence-corrected chi connectivity index (χ4v) is 0.768. The van der Waals surface area contributed by atoms with Crippen molar-refractivity contribution in [1.29, 1.82) is 0 Å². The second-order valence-corrected chi connectivity index (χ2v) is 5.65. The van der Waals surface area contributed by atoms with Gasteiger partial charge in [-0.2, -0.15) is 25.3 Å². The van der Waals surface area contributed by atoms with Gasteiger partial charge in [-0.25, -0.2) is 8.20 Å². The van der Waals surface area contributed by atoms with Gasteiger partial charge in [0.15, 0.2) is 0 Å². The Bertz CT molecular complexity index is 472. The van der Waals surface area contributed by atoms with Crippen LogP contribution in [0.15, 0.2) is 0 Å². The molecule has 0 spiro atoms. The summed E-state index contributed by atoms with van der Waals surface area (Å²) >= 11 is 0. The van der Waals surface area contributed by atoms with Gasteiger partial charge in [0.25, 0.3) is 10.1 Å². The van der Waals surface area contributed by atoms with Crippen molar-refractivity contribution in [3.8, 4) is 0 Å². The van der Waals surface area contributed by atoms with E-state index in [1.165, 1.54) is 0 Å². The van der Waals surface area contributed by atoms with E-state index in [4.69, 9.17) is 18.7 Å².